The topological polar surface area (TPSA) is 64.6 Å². The van der Waals surface area contributed by atoms with Gasteiger partial charge in [0.2, 0.25) is 0 Å². The summed E-state index contributed by atoms with van der Waals surface area (Å²) in [6.45, 7) is 3.09. The first-order valence-corrected chi connectivity index (χ1v) is 6.61. The lowest BCUT2D eigenvalue weighted by atomic mass is 10.1. The molecule has 0 radical (unpaired) electrons. The number of nitrogens with one attached hydrogen (secondary N) is 2. The number of aliphatic hydroxyl groups is 1. The fourth-order valence-corrected chi connectivity index (χ4v) is 2.18. The van der Waals surface area contributed by atoms with Gasteiger partial charge in [-0.2, -0.15) is 0 Å². The number of likely N-dealkylation sites (tertiary alicyclic amines) is 1. The van der Waals surface area contributed by atoms with Gasteiger partial charge in [0.15, 0.2) is 0 Å². The minimum absolute atomic E-state index is 0.147. The molecule has 1 heterocycles. The van der Waals surface area contributed by atoms with Gasteiger partial charge in [-0.25, -0.2) is 4.79 Å². The van der Waals surface area contributed by atoms with Crippen molar-refractivity contribution < 1.29 is 9.90 Å². The van der Waals surface area contributed by atoms with Crippen molar-refractivity contribution in [1.82, 2.24) is 10.2 Å². The van der Waals surface area contributed by atoms with Crippen molar-refractivity contribution in [2.45, 2.75) is 25.5 Å². The number of carbonyl (C=O) groups excluding carboxylic acids is 1. The fraction of sp³-hybridized carbons (Fsp3) is 0.500. The summed E-state index contributed by atoms with van der Waals surface area (Å²) in [6, 6.07) is 7.88. The number of carbonyl (C=O) groups is 1. The number of anilines is 1. The van der Waals surface area contributed by atoms with Gasteiger partial charge < -0.3 is 20.6 Å². The summed E-state index contributed by atoms with van der Waals surface area (Å²) in [7, 11) is 1.90. The molecule has 1 aliphatic rings. The third-order valence-electron chi connectivity index (χ3n) is 3.52. The Hall–Kier alpha value is -1.59. The van der Waals surface area contributed by atoms with Gasteiger partial charge in [0.05, 0.1) is 6.10 Å². The van der Waals surface area contributed by atoms with Crippen molar-refractivity contribution in [3.05, 3.63) is 29.8 Å². The zero-order valence-corrected chi connectivity index (χ0v) is 11.4. The lowest BCUT2D eigenvalue weighted by molar-refractivity contribution is 0.176. The van der Waals surface area contributed by atoms with Crippen LogP contribution in [0.5, 0.6) is 0 Å². The van der Waals surface area contributed by atoms with E-state index in [1.807, 2.05) is 31.3 Å². The van der Waals surface area contributed by atoms with E-state index < -0.39 is 0 Å². The summed E-state index contributed by atoms with van der Waals surface area (Å²) in [4.78, 5) is 13.6. The predicted octanol–water partition coefficient (Wildman–Crippen LogP) is 1.57. The third-order valence-corrected chi connectivity index (χ3v) is 3.52. The smallest absolute Gasteiger partial charge is 0.321 e. The van der Waals surface area contributed by atoms with Crippen molar-refractivity contribution in [3.63, 3.8) is 0 Å². The quantitative estimate of drug-likeness (QED) is 0.775. The van der Waals surface area contributed by atoms with Crippen LogP contribution in [0.1, 0.15) is 24.9 Å². The maximum atomic E-state index is 12.0. The Kier molecular flexibility index (Phi) is 4.39. The second-order valence-electron chi connectivity index (χ2n) is 4.95. The molecule has 1 aromatic rings. The molecule has 0 aliphatic carbocycles. The molecule has 0 saturated carbocycles. The predicted molar refractivity (Wildman–Crippen MR) is 75.1 cm³/mol. The van der Waals surface area contributed by atoms with E-state index in [-0.39, 0.29) is 18.2 Å². The Balaban J connectivity index is 2.00. The van der Waals surface area contributed by atoms with E-state index in [2.05, 4.69) is 17.6 Å². The molecular formula is C14H21N3O2. The molecule has 104 valence electrons. The van der Waals surface area contributed by atoms with Crippen LogP contribution in [0.2, 0.25) is 0 Å². The summed E-state index contributed by atoms with van der Waals surface area (Å²) in [5, 5.41) is 15.5. The summed E-state index contributed by atoms with van der Waals surface area (Å²) in [5.74, 6) is 0. The van der Waals surface area contributed by atoms with Crippen LogP contribution in [0, 0.1) is 0 Å². The van der Waals surface area contributed by atoms with Crippen LogP contribution in [-0.4, -0.2) is 42.3 Å². The number of rotatable bonds is 3. The van der Waals surface area contributed by atoms with E-state index in [9.17, 15) is 9.90 Å². The minimum atomic E-state index is -0.388. The Bertz CT molecular complexity index is 450. The summed E-state index contributed by atoms with van der Waals surface area (Å²) >= 11 is 0. The van der Waals surface area contributed by atoms with Gasteiger partial charge in [-0.15, -0.1) is 0 Å². The molecular weight excluding hydrogens is 242 g/mol. The van der Waals surface area contributed by atoms with Crippen molar-refractivity contribution in [2.24, 2.45) is 0 Å². The van der Waals surface area contributed by atoms with E-state index in [0.29, 0.717) is 19.5 Å². The Morgan fingerprint density at radius 3 is 2.95 bits per heavy atom. The third kappa shape index (κ3) is 3.45. The molecule has 0 spiro atoms. The van der Waals surface area contributed by atoms with Gasteiger partial charge in [-0.05, 0) is 38.1 Å². The van der Waals surface area contributed by atoms with Crippen LogP contribution in [0.3, 0.4) is 0 Å². The van der Waals surface area contributed by atoms with Crippen molar-refractivity contribution in [3.8, 4) is 0 Å². The lowest BCUT2D eigenvalue weighted by Crippen LogP contribution is -2.33. The van der Waals surface area contributed by atoms with Gasteiger partial charge >= 0.3 is 6.03 Å². The highest BCUT2D eigenvalue weighted by molar-refractivity contribution is 5.89. The molecule has 1 aliphatic heterocycles. The highest BCUT2D eigenvalue weighted by Crippen LogP contribution is 2.18. The Labute approximate surface area is 113 Å². The number of nitrogens with zero attached hydrogens (tertiary/aromatic N) is 1. The van der Waals surface area contributed by atoms with Crippen molar-refractivity contribution in [1.29, 1.82) is 0 Å². The van der Waals surface area contributed by atoms with Crippen molar-refractivity contribution in [2.75, 3.05) is 25.5 Å². The molecule has 1 saturated heterocycles. The molecule has 1 fully saturated rings. The summed E-state index contributed by atoms with van der Waals surface area (Å²) in [6.07, 6.45) is 0.269. The molecule has 3 N–H and O–H groups in total. The van der Waals surface area contributed by atoms with Gasteiger partial charge in [0.1, 0.15) is 0 Å². The molecule has 2 amide bonds. The maximum absolute atomic E-state index is 12.0. The molecule has 2 atom stereocenters. The van der Waals surface area contributed by atoms with Gasteiger partial charge in [0.25, 0.3) is 0 Å². The first-order valence-electron chi connectivity index (χ1n) is 6.61. The first kappa shape index (κ1) is 13.8. The molecule has 1 aromatic carbocycles. The van der Waals surface area contributed by atoms with Crippen LogP contribution in [0.15, 0.2) is 24.3 Å². The molecule has 0 bridgehead atoms. The van der Waals surface area contributed by atoms with Gasteiger partial charge in [-0.3, -0.25) is 0 Å². The second-order valence-corrected chi connectivity index (χ2v) is 4.95. The highest BCUT2D eigenvalue weighted by Gasteiger charge is 2.24. The number of β-amino-alcohol motifs (C(OH)–C–C–N with tert-alkyl or cyclic N) is 1. The average molecular weight is 263 g/mol. The number of amides is 2. The SMILES string of the molecule is CNC(C)c1cccc(NC(=O)N2CCC(O)C2)c1. The first-order chi connectivity index (χ1) is 9.10. The van der Waals surface area contributed by atoms with Gasteiger partial charge in [-0.1, -0.05) is 12.1 Å². The molecule has 5 nitrogen and oxygen atoms in total. The van der Waals surface area contributed by atoms with Crippen molar-refractivity contribution >= 4 is 11.7 Å². The van der Waals surface area contributed by atoms with E-state index >= 15 is 0 Å². The lowest BCUT2D eigenvalue weighted by Gasteiger charge is -2.17. The second kappa shape index (κ2) is 6.04. The Morgan fingerprint density at radius 2 is 2.32 bits per heavy atom. The molecule has 2 rings (SSSR count). The zero-order valence-electron chi connectivity index (χ0n) is 11.4. The monoisotopic (exact) mass is 263 g/mol. The van der Waals surface area contributed by atoms with Gasteiger partial charge in [0, 0.05) is 24.8 Å². The largest absolute Gasteiger partial charge is 0.391 e. The number of benzene rings is 1. The number of hydrogen-bond acceptors (Lipinski definition) is 3. The molecule has 19 heavy (non-hydrogen) atoms. The maximum Gasteiger partial charge on any atom is 0.321 e. The average Bonchev–Trinajstić information content (AvgIpc) is 2.85. The molecule has 0 aromatic heterocycles. The van der Waals surface area contributed by atoms with Crippen LogP contribution in [0.4, 0.5) is 10.5 Å². The van der Waals surface area contributed by atoms with E-state index in [1.54, 1.807) is 4.90 Å². The van der Waals surface area contributed by atoms with E-state index in [1.165, 1.54) is 0 Å². The summed E-state index contributed by atoms with van der Waals surface area (Å²) < 4.78 is 0. The number of hydrogen-bond donors (Lipinski definition) is 3. The van der Waals surface area contributed by atoms with Crippen LogP contribution in [-0.2, 0) is 0 Å². The van der Waals surface area contributed by atoms with Crippen LogP contribution < -0.4 is 10.6 Å². The minimum Gasteiger partial charge on any atom is -0.391 e. The zero-order chi connectivity index (χ0) is 13.8. The molecule has 5 heteroatoms. The highest BCUT2D eigenvalue weighted by atomic mass is 16.3. The van der Waals surface area contributed by atoms with Crippen LogP contribution in [0.25, 0.3) is 0 Å². The fourth-order valence-electron chi connectivity index (χ4n) is 2.18. The Morgan fingerprint density at radius 1 is 1.53 bits per heavy atom. The van der Waals surface area contributed by atoms with Crippen LogP contribution >= 0.6 is 0 Å². The summed E-state index contributed by atoms with van der Waals surface area (Å²) in [5.41, 5.74) is 1.91. The van der Waals surface area contributed by atoms with E-state index in [4.69, 9.17) is 0 Å². The van der Waals surface area contributed by atoms with E-state index in [0.717, 1.165) is 11.3 Å². The standard InChI is InChI=1S/C14H21N3O2/c1-10(15-2)11-4-3-5-12(8-11)16-14(19)17-7-6-13(18)9-17/h3-5,8,10,13,15,18H,6-7,9H2,1-2H3,(H,16,19). The number of aliphatic hydroxyl groups excluding tert-OH is 1. The molecule has 2 unspecified atom stereocenters. The number of urea groups is 1. The normalized spacial score (nSPS) is 20.4.